The average Bonchev–Trinajstić information content (AvgIpc) is 3.18. The van der Waals surface area contributed by atoms with Crippen molar-refractivity contribution in [3.05, 3.63) is 157 Å². The van der Waals surface area contributed by atoms with E-state index >= 15 is 0 Å². The van der Waals surface area contributed by atoms with Gasteiger partial charge in [0.15, 0.2) is 5.69 Å². The first-order valence-electron chi connectivity index (χ1n) is 19.7. The van der Waals surface area contributed by atoms with Gasteiger partial charge in [0.2, 0.25) is 0 Å². The average molecular weight is 778 g/mol. The van der Waals surface area contributed by atoms with Gasteiger partial charge in [0.25, 0.3) is 0 Å². The Kier molecular flexibility index (Phi) is 9.32. The standard InChI is InChI=1S/C50H51N3Si3/c1-51-37-12-11-13-41(34-37)53(40-22-28-44(29-23-40)56(8,9)10)48-33-17-36-14-30-45-47(32-16-35-15-31-46(48)50(36)49(35)45)52(38-18-24-42(25-19-38)54(2,3)4)39-20-26-43(27-21-39)55(5,6)7/h11-34H,2-10H3. The minimum Gasteiger partial charge on any atom is -0.311 e. The Morgan fingerprint density at radius 2 is 0.750 bits per heavy atom. The van der Waals surface area contributed by atoms with E-state index in [0.29, 0.717) is 5.69 Å². The maximum atomic E-state index is 7.83. The van der Waals surface area contributed by atoms with Crippen LogP contribution in [0.4, 0.5) is 39.8 Å². The van der Waals surface area contributed by atoms with Gasteiger partial charge in [-0.3, -0.25) is 0 Å². The van der Waals surface area contributed by atoms with Crippen LogP contribution in [0, 0.1) is 6.57 Å². The van der Waals surface area contributed by atoms with Crippen LogP contribution in [0.15, 0.2) is 146 Å². The predicted octanol–water partition coefficient (Wildman–Crippen LogP) is 13.7. The zero-order valence-electron chi connectivity index (χ0n) is 34.2. The summed E-state index contributed by atoms with van der Waals surface area (Å²) in [7, 11) is -4.45. The van der Waals surface area contributed by atoms with E-state index < -0.39 is 24.2 Å². The summed E-state index contributed by atoms with van der Waals surface area (Å²) < 4.78 is 0. The number of rotatable bonds is 9. The molecule has 0 saturated heterocycles. The molecule has 56 heavy (non-hydrogen) atoms. The van der Waals surface area contributed by atoms with E-state index in [0.717, 1.165) is 28.4 Å². The number of benzene rings is 8. The van der Waals surface area contributed by atoms with Gasteiger partial charge >= 0.3 is 0 Å². The molecule has 0 bridgehead atoms. The fourth-order valence-corrected chi connectivity index (χ4v) is 11.5. The van der Waals surface area contributed by atoms with Crippen molar-refractivity contribution in [2.75, 3.05) is 9.80 Å². The first-order valence-corrected chi connectivity index (χ1v) is 30.2. The molecular weight excluding hydrogens is 727 g/mol. The Morgan fingerprint density at radius 3 is 1.11 bits per heavy atom. The van der Waals surface area contributed by atoms with Crippen molar-refractivity contribution in [2.24, 2.45) is 0 Å². The van der Waals surface area contributed by atoms with Gasteiger partial charge in [-0.15, -0.1) is 0 Å². The highest BCUT2D eigenvalue weighted by Gasteiger charge is 2.24. The van der Waals surface area contributed by atoms with Crippen molar-refractivity contribution in [2.45, 2.75) is 58.9 Å². The molecule has 0 aliphatic heterocycles. The third-order valence-electron chi connectivity index (χ3n) is 11.3. The van der Waals surface area contributed by atoms with Crippen molar-refractivity contribution < 1.29 is 0 Å². The lowest BCUT2D eigenvalue weighted by molar-refractivity contribution is 1.30. The summed E-state index contributed by atoms with van der Waals surface area (Å²) in [6, 6.07) is 54.1. The number of nitrogens with zero attached hydrogens (tertiary/aromatic N) is 3. The summed E-state index contributed by atoms with van der Waals surface area (Å²) in [5.74, 6) is 0. The number of anilines is 6. The largest absolute Gasteiger partial charge is 0.311 e. The van der Waals surface area contributed by atoms with Gasteiger partial charge in [0, 0.05) is 33.5 Å². The van der Waals surface area contributed by atoms with Crippen molar-refractivity contribution in [3.8, 4) is 0 Å². The maximum absolute atomic E-state index is 7.83. The minimum atomic E-state index is -1.50. The Labute approximate surface area is 336 Å². The van der Waals surface area contributed by atoms with Crippen molar-refractivity contribution in [1.29, 1.82) is 0 Å². The lowest BCUT2D eigenvalue weighted by Gasteiger charge is -2.30. The Morgan fingerprint density at radius 1 is 0.393 bits per heavy atom. The molecule has 278 valence electrons. The van der Waals surface area contributed by atoms with Crippen LogP contribution in [0.1, 0.15) is 0 Å². The van der Waals surface area contributed by atoms with Gasteiger partial charge in [-0.05, 0) is 82.2 Å². The zero-order chi connectivity index (χ0) is 39.6. The quantitative estimate of drug-likeness (QED) is 0.0821. The molecule has 0 N–H and O–H groups in total. The van der Waals surface area contributed by atoms with Gasteiger partial charge in [-0.25, -0.2) is 4.85 Å². The molecule has 0 aromatic heterocycles. The topological polar surface area (TPSA) is 10.8 Å². The molecule has 8 aromatic rings. The summed E-state index contributed by atoms with van der Waals surface area (Å²) in [5.41, 5.74) is 7.28. The molecule has 0 atom stereocenters. The van der Waals surface area contributed by atoms with Crippen LogP contribution in [-0.4, -0.2) is 24.2 Å². The van der Waals surface area contributed by atoms with E-state index in [1.807, 2.05) is 18.2 Å². The van der Waals surface area contributed by atoms with Crippen molar-refractivity contribution >= 4 is 112 Å². The fourth-order valence-electron chi connectivity index (χ4n) is 8.05. The summed E-state index contributed by atoms with van der Waals surface area (Å²) in [5, 5.41) is 11.7. The highest BCUT2D eigenvalue weighted by atomic mass is 28.3. The Bertz CT molecular complexity index is 2690. The second kappa shape index (κ2) is 13.9. The van der Waals surface area contributed by atoms with Crippen LogP contribution in [0.25, 0.3) is 37.2 Å². The van der Waals surface area contributed by atoms with Crippen molar-refractivity contribution in [1.82, 2.24) is 0 Å². The highest BCUT2D eigenvalue weighted by Crippen LogP contribution is 2.47. The lowest BCUT2D eigenvalue weighted by Crippen LogP contribution is -2.37. The van der Waals surface area contributed by atoms with E-state index in [4.69, 9.17) is 6.57 Å². The lowest BCUT2D eigenvalue weighted by atomic mass is 9.91. The van der Waals surface area contributed by atoms with Gasteiger partial charge in [-0.1, -0.05) is 159 Å². The van der Waals surface area contributed by atoms with Gasteiger partial charge < -0.3 is 9.80 Å². The third-order valence-corrected chi connectivity index (χ3v) is 17.5. The Balaban J connectivity index is 1.37. The molecule has 0 aliphatic carbocycles. The molecule has 6 heteroatoms. The monoisotopic (exact) mass is 777 g/mol. The van der Waals surface area contributed by atoms with Crippen LogP contribution >= 0.6 is 0 Å². The van der Waals surface area contributed by atoms with E-state index in [9.17, 15) is 0 Å². The SMILES string of the molecule is [C-]#[N+]c1cccc(N(c2ccc([Si](C)(C)C)cc2)c2ccc3ccc4c(N(c5ccc([Si](C)(C)C)cc5)c5ccc([Si](C)(C)C)cc5)ccc5ccc2c3c54)c1. The van der Waals surface area contributed by atoms with E-state index in [1.54, 1.807) is 0 Å². The van der Waals surface area contributed by atoms with E-state index in [2.05, 4.69) is 201 Å². The summed E-state index contributed by atoms with van der Waals surface area (Å²) in [4.78, 5) is 8.60. The number of hydrogen-bond acceptors (Lipinski definition) is 2. The Hall–Kier alpha value is -5.46. The second-order valence-corrected chi connectivity index (χ2v) is 33.5. The second-order valence-electron chi connectivity index (χ2n) is 18.3. The summed E-state index contributed by atoms with van der Waals surface area (Å²) >= 11 is 0. The van der Waals surface area contributed by atoms with Crippen LogP contribution in [0.5, 0.6) is 0 Å². The van der Waals surface area contributed by atoms with Crippen LogP contribution in [-0.2, 0) is 0 Å². The first-order chi connectivity index (χ1) is 26.6. The molecule has 0 heterocycles. The summed E-state index contributed by atoms with van der Waals surface area (Å²) in [6.07, 6.45) is 0. The maximum Gasteiger partial charge on any atom is 0.189 e. The molecule has 0 amide bonds. The normalized spacial score (nSPS) is 12.4. The fraction of sp³-hybridized carbons (Fsp3) is 0.180. The molecular formula is C50H51N3Si3. The summed E-state index contributed by atoms with van der Waals surface area (Å²) in [6.45, 7) is 29.5. The third kappa shape index (κ3) is 6.85. The van der Waals surface area contributed by atoms with Gasteiger partial charge in [-0.2, -0.15) is 0 Å². The smallest absolute Gasteiger partial charge is 0.189 e. The van der Waals surface area contributed by atoms with E-state index in [-0.39, 0.29) is 0 Å². The highest BCUT2D eigenvalue weighted by molar-refractivity contribution is 6.89. The first kappa shape index (κ1) is 37.5. The van der Waals surface area contributed by atoms with Crippen LogP contribution in [0.2, 0.25) is 58.9 Å². The molecule has 8 rings (SSSR count). The molecule has 0 fully saturated rings. The zero-order valence-corrected chi connectivity index (χ0v) is 37.2. The molecule has 0 saturated carbocycles. The molecule has 3 nitrogen and oxygen atoms in total. The molecule has 0 spiro atoms. The van der Waals surface area contributed by atoms with E-state index in [1.165, 1.54) is 53.6 Å². The minimum absolute atomic E-state index is 0.629. The molecule has 0 radical (unpaired) electrons. The van der Waals surface area contributed by atoms with Crippen LogP contribution < -0.4 is 25.4 Å². The molecule has 0 unspecified atom stereocenters. The van der Waals surface area contributed by atoms with Crippen LogP contribution in [0.3, 0.4) is 0 Å². The van der Waals surface area contributed by atoms with Gasteiger partial charge in [0.05, 0.1) is 42.2 Å². The number of hydrogen-bond donors (Lipinski definition) is 0. The predicted molar refractivity (Wildman–Crippen MR) is 255 cm³/mol. The molecule has 8 aromatic carbocycles. The molecule has 0 aliphatic rings. The van der Waals surface area contributed by atoms with Gasteiger partial charge in [0.1, 0.15) is 0 Å². The van der Waals surface area contributed by atoms with Crippen molar-refractivity contribution in [3.63, 3.8) is 0 Å².